The normalized spacial score (nSPS) is 13.0. The fraction of sp³-hybridized carbons (Fsp3) is 0.0612. The summed E-state index contributed by atoms with van der Waals surface area (Å²) in [4.78, 5) is 21.5. The van der Waals surface area contributed by atoms with Crippen molar-refractivity contribution in [2.24, 2.45) is 0 Å². The van der Waals surface area contributed by atoms with Crippen molar-refractivity contribution in [3.63, 3.8) is 0 Å². The Morgan fingerprint density at radius 2 is 0.510 bits per heavy atom. The molecule has 0 saturated heterocycles. The van der Waals surface area contributed by atoms with Crippen LogP contribution in [0.4, 0.5) is 0 Å². The van der Waals surface area contributed by atoms with Crippen LogP contribution in [0.2, 0.25) is 0 Å². The van der Waals surface area contributed by atoms with Gasteiger partial charge in [0.2, 0.25) is 0 Å². The minimum absolute atomic E-state index is 0.259. The number of nitrogens with zero attached hydrogens (tertiary/aromatic N) is 6. The predicted octanol–water partition coefficient (Wildman–Crippen LogP) is 25.1. The summed E-state index contributed by atoms with van der Waals surface area (Å²) < 4.78 is 4.73. The standard InChI is InChI=1S/2C49H35N3/c1-49(2)42-25-11-9-24-40(42)47-45(49)46(50-48(51-47)37-20-14-17-33(30-37)32-15-5-3-6-16-32)36-19-13-18-34(29-36)35-27-28-44-41(31-35)39-23-10-12-26-43(39)52(44)38-21-7-4-8-22-38;1-49(2)42-22-11-9-21-40(42)47-45(49)46(50-48(51-47)34-26-24-33(25-27-34)32-14-5-3-6-15-32)37-17-13-16-35(30-37)36-28-29-44-41(31-36)39-20-10-12-23-43(39)52(44)38-18-7-4-8-19-38/h2*3-31H,1-2H3. The van der Waals surface area contributed by atoms with E-state index in [0.717, 1.165) is 84.7 Å². The molecular weight excluding hydrogens is 1260 g/mol. The second-order valence-corrected chi connectivity index (χ2v) is 28.5. The fourth-order valence-electron chi connectivity index (χ4n) is 16.5. The van der Waals surface area contributed by atoms with E-state index in [-0.39, 0.29) is 10.8 Å². The van der Waals surface area contributed by atoms with Crippen molar-refractivity contribution < 1.29 is 0 Å². The van der Waals surface area contributed by atoms with Gasteiger partial charge >= 0.3 is 0 Å². The highest BCUT2D eigenvalue weighted by molar-refractivity contribution is 6.12. The first kappa shape index (κ1) is 61.9. The molecule has 0 fully saturated rings. The molecule has 104 heavy (non-hydrogen) atoms. The zero-order valence-electron chi connectivity index (χ0n) is 58.2. The first-order chi connectivity index (χ1) is 51.1. The molecule has 6 heteroatoms. The van der Waals surface area contributed by atoms with Gasteiger partial charge in [-0.2, -0.15) is 0 Å². The van der Waals surface area contributed by atoms with E-state index in [1.165, 1.54) is 105 Å². The average Bonchev–Trinajstić information content (AvgIpc) is 1.55. The van der Waals surface area contributed by atoms with Gasteiger partial charge in [0.25, 0.3) is 0 Å². The molecule has 20 rings (SSSR count). The first-order valence-electron chi connectivity index (χ1n) is 35.8. The molecule has 0 aliphatic heterocycles. The number of aromatic nitrogens is 6. The monoisotopic (exact) mass is 1330 g/mol. The van der Waals surface area contributed by atoms with Gasteiger partial charge < -0.3 is 9.13 Å². The van der Waals surface area contributed by atoms with Crippen LogP contribution in [0.15, 0.2) is 352 Å². The summed E-state index contributed by atoms with van der Waals surface area (Å²) in [5, 5.41) is 4.97. The lowest BCUT2D eigenvalue weighted by molar-refractivity contribution is 0.657. The molecule has 0 bridgehead atoms. The van der Waals surface area contributed by atoms with Gasteiger partial charge in [-0.05, 0) is 134 Å². The third-order valence-corrected chi connectivity index (χ3v) is 21.6. The Bertz CT molecular complexity index is 6380. The Kier molecular flexibility index (Phi) is 14.8. The molecule has 0 atom stereocenters. The van der Waals surface area contributed by atoms with Crippen LogP contribution < -0.4 is 0 Å². The fourth-order valence-corrected chi connectivity index (χ4v) is 16.5. The van der Waals surface area contributed by atoms with E-state index in [2.05, 4.69) is 389 Å². The van der Waals surface area contributed by atoms with Gasteiger partial charge in [0.05, 0.1) is 44.8 Å². The molecule has 18 aromatic rings. The summed E-state index contributed by atoms with van der Waals surface area (Å²) in [6.07, 6.45) is 0. The van der Waals surface area contributed by atoms with E-state index < -0.39 is 0 Å². The molecule has 4 heterocycles. The summed E-state index contributed by atoms with van der Waals surface area (Å²) in [6.45, 7) is 9.22. The van der Waals surface area contributed by atoms with Crippen LogP contribution >= 0.6 is 0 Å². The van der Waals surface area contributed by atoms with Gasteiger partial charge in [-0.3, -0.25) is 0 Å². The number of hydrogen-bond acceptors (Lipinski definition) is 4. The Labute approximate surface area is 605 Å². The second-order valence-electron chi connectivity index (χ2n) is 28.5. The number of para-hydroxylation sites is 4. The van der Waals surface area contributed by atoms with E-state index in [1.54, 1.807) is 0 Å². The summed E-state index contributed by atoms with van der Waals surface area (Å²) >= 11 is 0. The lowest BCUT2D eigenvalue weighted by atomic mass is 9.80. The summed E-state index contributed by atoms with van der Waals surface area (Å²) in [5.74, 6) is 1.47. The first-order valence-corrected chi connectivity index (χ1v) is 35.8. The maximum atomic E-state index is 5.45. The van der Waals surface area contributed by atoms with Crippen molar-refractivity contribution in [1.29, 1.82) is 0 Å². The molecule has 0 unspecified atom stereocenters. The van der Waals surface area contributed by atoms with Crippen LogP contribution in [-0.4, -0.2) is 29.1 Å². The zero-order chi connectivity index (χ0) is 69.6. The van der Waals surface area contributed by atoms with Gasteiger partial charge in [0.15, 0.2) is 11.6 Å². The molecule has 0 spiro atoms. The van der Waals surface area contributed by atoms with Crippen molar-refractivity contribution in [2.75, 3.05) is 0 Å². The van der Waals surface area contributed by atoms with Crippen LogP contribution in [0.5, 0.6) is 0 Å². The van der Waals surface area contributed by atoms with E-state index in [0.29, 0.717) is 0 Å². The number of fused-ring (bicyclic) bond motifs is 12. The minimum atomic E-state index is -0.264. The lowest BCUT2D eigenvalue weighted by Crippen LogP contribution is -2.17. The molecular formula is C98H70N6. The lowest BCUT2D eigenvalue weighted by Gasteiger charge is -2.24. The number of rotatable bonds is 10. The Morgan fingerprint density at radius 3 is 0.981 bits per heavy atom. The Morgan fingerprint density at radius 1 is 0.212 bits per heavy atom. The van der Waals surface area contributed by atoms with E-state index in [9.17, 15) is 0 Å². The maximum absolute atomic E-state index is 5.45. The van der Waals surface area contributed by atoms with Gasteiger partial charge in [-0.15, -0.1) is 0 Å². The molecule has 4 aromatic heterocycles. The van der Waals surface area contributed by atoms with Gasteiger partial charge in [0.1, 0.15) is 0 Å². The van der Waals surface area contributed by atoms with Crippen molar-refractivity contribution >= 4 is 43.6 Å². The highest BCUT2D eigenvalue weighted by atomic mass is 15.0. The minimum Gasteiger partial charge on any atom is -0.309 e. The van der Waals surface area contributed by atoms with Crippen LogP contribution in [-0.2, 0) is 10.8 Å². The molecule has 2 aliphatic carbocycles. The number of hydrogen-bond donors (Lipinski definition) is 0. The summed E-state index contributed by atoms with van der Waals surface area (Å²) in [6, 6.07) is 126. The molecule has 2 aliphatic rings. The molecule has 0 amide bonds. The largest absolute Gasteiger partial charge is 0.309 e. The van der Waals surface area contributed by atoms with E-state index >= 15 is 0 Å². The van der Waals surface area contributed by atoms with Crippen molar-refractivity contribution in [1.82, 2.24) is 29.1 Å². The van der Waals surface area contributed by atoms with Crippen LogP contribution in [0.1, 0.15) is 49.9 Å². The molecule has 14 aromatic carbocycles. The van der Waals surface area contributed by atoms with Crippen LogP contribution in [0.3, 0.4) is 0 Å². The second kappa shape index (κ2) is 24.9. The average molecular weight is 1330 g/mol. The SMILES string of the molecule is CC1(C)c2ccccc2-c2nc(-c3ccc(-c4ccccc4)cc3)nc(-c3cccc(-c4ccc5c(c4)c4ccccc4n5-c4ccccc4)c3)c21.CC1(C)c2ccccc2-c2nc(-c3cccc(-c4ccccc4)c3)nc(-c3cccc(-c4ccc5c(c4)c4ccccc4n5-c4ccccc4)c3)c21. The Hall–Kier alpha value is -13.2. The van der Waals surface area contributed by atoms with Crippen molar-refractivity contribution in [3.8, 4) is 124 Å². The van der Waals surface area contributed by atoms with E-state index in [1.807, 2.05) is 0 Å². The smallest absolute Gasteiger partial charge is 0.160 e. The highest BCUT2D eigenvalue weighted by Gasteiger charge is 2.42. The van der Waals surface area contributed by atoms with Gasteiger partial charge in [0, 0.05) is 88.3 Å². The quantitative estimate of drug-likeness (QED) is 0.137. The molecule has 492 valence electrons. The van der Waals surface area contributed by atoms with E-state index in [4.69, 9.17) is 19.9 Å². The topological polar surface area (TPSA) is 61.4 Å². The summed E-state index contributed by atoms with van der Waals surface area (Å²) in [7, 11) is 0. The number of benzene rings is 14. The zero-order valence-corrected chi connectivity index (χ0v) is 58.2. The molecule has 0 N–H and O–H groups in total. The third-order valence-electron chi connectivity index (χ3n) is 21.6. The highest BCUT2D eigenvalue weighted by Crippen LogP contribution is 2.54. The molecule has 0 saturated carbocycles. The molecule has 0 radical (unpaired) electrons. The van der Waals surface area contributed by atoms with Crippen molar-refractivity contribution in [3.05, 3.63) is 374 Å². The van der Waals surface area contributed by atoms with Gasteiger partial charge in [-0.1, -0.05) is 301 Å². The van der Waals surface area contributed by atoms with Crippen LogP contribution in [0, 0.1) is 0 Å². The van der Waals surface area contributed by atoms with Crippen LogP contribution in [0.25, 0.3) is 167 Å². The predicted molar refractivity (Wildman–Crippen MR) is 431 cm³/mol. The maximum Gasteiger partial charge on any atom is 0.160 e. The van der Waals surface area contributed by atoms with Crippen molar-refractivity contribution in [2.45, 2.75) is 38.5 Å². The molecule has 6 nitrogen and oxygen atoms in total. The third kappa shape index (κ3) is 10.4. The summed E-state index contributed by atoms with van der Waals surface area (Å²) in [5.41, 5.74) is 31.4. The van der Waals surface area contributed by atoms with Gasteiger partial charge in [-0.25, -0.2) is 19.9 Å². The Balaban J connectivity index is 0.000000143.